The molecular formula is C20H10Cl2F3NO. The van der Waals surface area contributed by atoms with Gasteiger partial charge in [-0.3, -0.25) is 0 Å². The molecule has 1 aromatic heterocycles. The highest BCUT2D eigenvalue weighted by molar-refractivity contribution is 6.33. The van der Waals surface area contributed by atoms with Crippen molar-refractivity contribution in [1.82, 2.24) is 0 Å². The minimum atomic E-state index is -4.49. The summed E-state index contributed by atoms with van der Waals surface area (Å²) in [5, 5.41) is 10.0. The van der Waals surface area contributed by atoms with Crippen LogP contribution in [-0.2, 0) is 6.18 Å². The molecule has 3 aromatic rings. The third-order valence-electron chi connectivity index (χ3n) is 3.75. The maximum atomic E-state index is 12.9. The molecule has 0 unspecified atom stereocenters. The van der Waals surface area contributed by atoms with Gasteiger partial charge in [-0.1, -0.05) is 35.3 Å². The monoisotopic (exact) mass is 407 g/mol. The average Bonchev–Trinajstić information content (AvgIpc) is 3.08. The molecule has 3 rings (SSSR count). The Hall–Kier alpha value is -2.68. The normalized spacial score (nSPS) is 12.1. The predicted molar refractivity (Wildman–Crippen MR) is 99.1 cm³/mol. The number of alkyl halides is 3. The first-order valence-corrected chi connectivity index (χ1v) is 8.38. The number of rotatable bonds is 3. The molecule has 0 amide bonds. The number of allylic oxidation sites excluding steroid dienone is 1. The third kappa shape index (κ3) is 4.36. The number of halogens is 5. The van der Waals surface area contributed by atoms with Crippen LogP contribution in [0.2, 0.25) is 10.0 Å². The van der Waals surface area contributed by atoms with Crippen LogP contribution in [0.25, 0.3) is 23.0 Å². The smallest absolute Gasteiger partial charge is 0.416 e. The van der Waals surface area contributed by atoms with Gasteiger partial charge in [0.25, 0.3) is 0 Å². The maximum Gasteiger partial charge on any atom is 0.416 e. The van der Waals surface area contributed by atoms with Crippen molar-refractivity contribution in [3.63, 3.8) is 0 Å². The molecule has 0 aliphatic rings. The Kier molecular flexibility index (Phi) is 5.31. The fourth-order valence-corrected chi connectivity index (χ4v) is 2.75. The fraction of sp³-hybridized carbons (Fsp3) is 0.0500. The summed E-state index contributed by atoms with van der Waals surface area (Å²) in [4.78, 5) is 0. The number of nitriles is 1. The van der Waals surface area contributed by atoms with Crippen molar-refractivity contribution in [2.24, 2.45) is 0 Å². The number of hydrogen-bond donors (Lipinski definition) is 0. The molecule has 0 saturated heterocycles. The SMILES string of the molecule is N#CC(=Cc1ccc(-c2cc(C(F)(F)F)ccc2Cl)o1)c1ccc(Cl)cc1. The van der Waals surface area contributed by atoms with Crippen LogP contribution in [0, 0.1) is 11.3 Å². The Morgan fingerprint density at radius 1 is 1.00 bits per heavy atom. The zero-order valence-corrected chi connectivity index (χ0v) is 15.0. The molecule has 136 valence electrons. The lowest BCUT2D eigenvalue weighted by Crippen LogP contribution is -2.04. The van der Waals surface area contributed by atoms with Gasteiger partial charge in [-0.2, -0.15) is 18.4 Å². The first-order valence-electron chi connectivity index (χ1n) is 7.62. The van der Waals surface area contributed by atoms with Crippen molar-refractivity contribution in [3.8, 4) is 17.4 Å². The van der Waals surface area contributed by atoms with Crippen molar-refractivity contribution < 1.29 is 17.6 Å². The van der Waals surface area contributed by atoms with Crippen LogP contribution in [0.1, 0.15) is 16.9 Å². The largest absolute Gasteiger partial charge is 0.457 e. The minimum absolute atomic E-state index is 0.121. The molecule has 1 heterocycles. The maximum absolute atomic E-state index is 12.9. The lowest BCUT2D eigenvalue weighted by atomic mass is 10.1. The summed E-state index contributed by atoms with van der Waals surface area (Å²) >= 11 is 11.9. The molecule has 0 saturated carbocycles. The number of furan rings is 1. The van der Waals surface area contributed by atoms with Crippen LogP contribution in [0.15, 0.2) is 59.0 Å². The lowest BCUT2D eigenvalue weighted by Gasteiger charge is -2.09. The molecule has 0 atom stereocenters. The summed E-state index contributed by atoms with van der Waals surface area (Å²) in [5.41, 5.74) is 0.255. The molecule has 0 aliphatic carbocycles. The van der Waals surface area contributed by atoms with Crippen molar-refractivity contribution in [3.05, 3.63) is 81.5 Å². The zero-order chi connectivity index (χ0) is 19.6. The van der Waals surface area contributed by atoms with E-state index < -0.39 is 11.7 Å². The molecular weight excluding hydrogens is 398 g/mol. The molecule has 2 nitrogen and oxygen atoms in total. The van der Waals surface area contributed by atoms with E-state index in [1.165, 1.54) is 18.2 Å². The fourth-order valence-electron chi connectivity index (χ4n) is 2.42. The third-order valence-corrected chi connectivity index (χ3v) is 4.33. The molecule has 0 N–H and O–H groups in total. The van der Waals surface area contributed by atoms with Crippen LogP contribution >= 0.6 is 23.2 Å². The molecule has 27 heavy (non-hydrogen) atoms. The van der Waals surface area contributed by atoms with E-state index in [-0.39, 0.29) is 16.3 Å². The van der Waals surface area contributed by atoms with Gasteiger partial charge in [-0.05, 0) is 54.1 Å². The molecule has 0 radical (unpaired) electrons. The van der Waals surface area contributed by atoms with E-state index in [1.54, 1.807) is 30.3 Å². The van der Waals surface area contributed by atoms with E-state index in [9.17, 15) is 18.4 Å². The number of benzene rings is 2. The van der Waals surface area contributed by atoms with Crippen LogP contribution in [-0.4, -0.2) is 0 Å². The van der Waals surface area contributed by atoms with Crippen molar-refractivity contribution in [2.75, 3.05) is 0 Å². The number of hydrogen-bond acceptors (Lipinski definition) is 2. The van der Waals surface area contributed by atoms with Crippen LogP contribution in [0.4, 0.5) is 13.2 Å². The summed E-state index contributed by atoms with van der Waals surface area (Å²) in [5.74, 6) is 0.482. The standard InChI is InChI=1S/C20H10Cl2F3NO/c21-15-4-1-12(2-5-15)13(11-26)9-16-6-8-19(27-16)17-10-14(20(23,24)25)3-7-18(17)22/h1-10H. The average molecular weight is 408 g/mol. The van der Waals surface area contributed by atoms with Crippen molar-refractivity contribution >= 4 is 34.9 Å². The first kappa shape index (κ1) is 19.1. The summed E-state index contributed by atoms with van der Waals surface area (Å²) < 4.78 is 44.4. The van der Waals surface area contributed by atoms with Crippen LogP contribution in [0.5, 0.6) is 0 Å². The van der Waals surface area contributed by atoms with E-state index in [0.717, 1.165) is 12.1 Å². The van der Waals surface area contributed by atoms with Crippen molar-refractivity contribution in [2.45, 2.75) is 6.18 Å². The van der Waals surface area contributed by atoms with Gasteiger partial charge in [0.2, 0.25) is 0 Å². The highest BCUT2D eigenvalue weighted by Crippen LogP contribution is 2.36. The summed E-state index contributed by atoms with van der Waals surface area (Å²) in [6.45, 7) is 0. The molecule has 7 heteroatoms. The van der Waals surface area contributed by atoms with E-state index in [2.05, 4.69) is 6.07 Å². The Morgan fingerprint density at radius 2 is 1.70 bits per heavy atom. The Bertz CT molecular complexity index is 1040. The Morgan fingerprint density at radius 3 is 2.33 bits per heavy atom. The second-order valence-corrected chi connectivity index (χ2v) is 6.41. The highest BCUT2D eigenvalue weighted by Gasteiger charge is 2.31. The van der Waals surface area contributed by atoms with E-state index in [1.807, 2.05) is 0 Å². The van der Waals surface area contributed by atoms with Gasteiger partial charge in [0.1, 0.15) is 11.5 Å². The molecule has 2 aromatic carbocycles. The van der Waals surface area contributed by atoms with Gasteiger partial charge in [0.05, 0.1) is 22.2 Å². The zero-order valence-electron chi connectivity index (χ0n) is 13.5. The molecule has 0 spiro atoms. The van der Waals surface area contributed by atoms with E-state index in [4.69, 9.17) is 27.6 Å². The van der Waals surface area contributed by atoms with Gasteiger partial charge < -0.3 is 4.42 Å². The van der Waals surface area contributed by atoms with Gasteiger partial charge in [-0.25, -0.2) is 0 Å². The minimum Gasteiger partial charge on any atom is -0.457 e. The summed E-state index contributed by atoms with van der Waals surface area (Å²) in [7, 11) is 0. The first-order chi connectivity index (χ1) is 12.8. The van der Waals surface area contributed by atoms with Gasteiger partial charge in [-0.15, -0.1) is 0 Å². The number of nitrogens with zero attached hydrogens (tertiary/aromatic N) is 1. The molecule has 0 bridgehead atoms. The van der Waals surface area contributed by atoms with E-state index in [0.29, 0.717) is 21.9 Å². The van der Waals surface area contributed by atoms with Gasteiger partial charge >= 0.3 is 6.18 Å². The van der Waals surface area contributed by atoms with Gasteiger partial charge in [0, 0.05) is 10.6 Å². The lowest BCUT2D eigenvalue weighted by molar-refractivity contribution is -0.137. The second kappa shape index (κ2) is 7.51. The molecule has 0 aliphatic heterocycles. The molecule has 0 fully saturated rings. The van der Waals surface area contributed by atoms with Crippen molar-refractivity contribution in [1.29, 1.82) is 5.26 Å². The highest BCUT2D eigenvalue weighted by atomic mass is 35.5. The second-order valence-electron chi connectivity index (χ2n) is 5.57. The summed E-state index contributed by atoms with van der Waals surface area (Å²) in [6.07, 6.45) is -2.99. The predicted octanol–water partition coefficient (Wildman–Crippen LogP) is 7.34. The quantitative estimate of drug-likeness (QED) is 0.425. The van der Waals surface area contributed by atoms with Gasteiger partial charge in [0.15, 0.2) is 0 Å². The van der Waals surface area contributed by atoms with Crippen LogP contribution < -0.4 is 0 Å². The Labute approximate surface area is 163 Å². The van der Waals surface area contributed by atoms with Crippen LogP contribution in [0.3, 0.4) is 0 Å². The summed E-state index contributed by atoms with van der Waals surface area (Å²) in [6, 6.07) is 14.8. The Balaban J connectivity index is 1.97. The van der Waals surface area contributed by atoms with E-state index >= 15 is 0 Å². The topological polar surface area (TPSA) is 36.9 Å².